The fourth-order valence-corrected chi connectivity index (χ4v) is 2.41. The molecule has 2 rings (SSSR count). The number of Topliss-reactive ketones (excluding diaryl/α,β-unsaturated/α-hetero) is 1. The van der Waals surface area contributed by atoms with Gasteiger partial charge in [0.25, 0.3) is 0 Å². The highest BCUT2D eigenvalue weighted by Gasteiger charge is 2.22. The summed E-state index contributed by atoms with van der Waals surface area (Å²) in [7, 11) is 0. The number of rotatable bonds is 2. The largest absolute Gasteiger partial charge is 0.348 e. The monoisotopic (exact) mass is 205 g/mol. The van der Waals surface area contributed by atoms with Crippen LogP contribution in [0.4, 0.5) is 0 Å². The zero-order chi connectivity index (χ0) is 11.0. The van der Waals surface area contributed by atoms with E-state index < -0.39 is 0 Å². The summed E-state index contributed by atoms with van der Waals surface area (Å²) >= 11 is 0. The van der Waals surface area contributed by atoms with Gasteiger partial charge in [0.2, 0.25) is 0 Å². The van der Waals surface area contributed by atoms with E-state index in [4.69, 9.17) is 0 Å². The highest BCUT2D eigenvalue weighted by Crippen LogP contribution is 2.25. The Morgan fingerprint density at radius 3 is 2.80 bits per heavy atom. The molecule has 0 radical (unpaired) electrons. The number of hydrogen-bond donors (Lipinski definition) is 0. The molecule has 15 heavy (non-hydrogen) atoms. The van der Waals surface area contributed by atoms with Gasteiger partial charge in [0.15, 0.2) is 5.78 Å². The number of carbonyl (C=O) groups excluding carboxylic acids is 1. The van der Waals surface area contributed by atoms with Crippen LogP contribution in [0, 0.1) is 12.8 Å². The summed E-state index contributed by atoms with van der Waals surface area (Å²) in [5.41, 5.74) is 3.50. The van der Waals surface area contributed by atoms with Crippen LogP contribution in [-0.4, -0.2) is 10.4 Å². The van der Waals surface area contributed by atoms with Crippen molar-refractivity contribution in [3.05, 3.63) is 23.0 Å². The summed E-state index contributed by atoms with van der Waals surface area (Å²) in [6.07, 6.45) is 2.83. The van der Waals surface area contributed by atoms with E-state index in [9.17, 15) is 4.79 Å². The predicted octanol–water partition coefficient (Wildman–Crippen LogP) is 2.97. The van der Waals surface area contributed by atoms with Crippen molar-refractivity contribution in [2.45, 2.75) is 46.6 Å². The summed E-state index contributed by atoms with van der Waals surface area (Å²) in [5.74, 6) is 0.971. The van der Waals surface area contributed by atoms with Crippen LogP contribution in [0.5, 0.6) is 0 Å². The molecule has 0 aromatic carbocycles. The molecule has 1 aliphatic carbocycles. The van der Waals surface area contributed by atoms with Gasteiger partial charge in [-0.3, -0.25) is 4.79 Å². The zero-order valence-electron chi connectivity index (χ0n) is 9.84. The molecule has 0 saturated carbocycles. The summed E-state index contributed by atoms with van der Waals surface area (Å²) in [5, 5.41) is 0. The first-order valence-corrected chi connectivity index (χ1v) is 5.81. The number of aromatic nitrogens is 1. The van der Waals surface area contributed by atoms with Gasteiger partial charge in [-0.2, -0.15) is 0 Å². The van der Waals surface area contributed by atoms with Crippen molar-refractivity contribution in [1.82, 2.24) is 4.57 Å². The van der Waals surface area contributed by atoms with Crippen LogP contribution in [0.1, 0.15) is 48.4 Å². The summed E-state index contributed by atoms with van der Waals surface area (Å²) in [4.78, 5) is 11.7. The predicted molar refractivity (Wildman–Crippen MR) is 61.3 cm³/mol. The highest BCUT2D eigenvalue weighted by atomic mass is 16.1. The first kappa shape index (κ1) is 10.5. The number of carbonyl (C=O) groups is 1. The molecule has 82 valence electrons. The highest BCUT2D eigenvalue weighted by molar-refractivity contribution is 5.98. The Morgan fingerprint density at radius 1 is 1.40 bits per heavy atom. The lowest BCUT2D eigenvalue weighted by Crippen LogP contribution is -2.15. The van der Waals surface area contributed by atoms with Crippen molar-refractivity contribution < 1.29 is 4.79 Å². The maximum atomic E-state index is 11.7. The number of aryl methyl sites for hydroxylation is 1. The van der Waals surface area contributed by atoms with E-state index in [1.165, 1.54) is 11.4 Å². The molecular formula is C13H19NO. The van der Waals surface area contributed by atoms with Crippen LogP contribution in [0.2, 0.25) is 0 Å². The third-order valence-electron chi connectivity index (χ3n) is 3.08. The molecule has 0 spiro atoms. The van der Waals surface area contributed by atoms with Crippen molar-refractivity contribution in [2.75, 3.05) is 0 Å². The fourth-order valence-electron chi connectivity index (χ4n) is 2.41. The van der Waals surface area contributed by atoms with Crippen LogP contribution in [0.25, 0.3) is 0 Å². The van der Waals surface area contributed by atoms with Gasteiger partial charge in [-0.15, -0.1) is 0 Å². The smallest absolute Gasteiger partial charge is 0.164 e. The molecule has 0 N–H and O–H groups in total. The van der Waals surface area contributed by atoms with Crippen molar-refractivity contribution in [1.29, 1.82) is 0 Å². The van der Waals surface area contributed by atoms with Crippen LogP contribution in [-0.2, 0) is 13.0 Å². The van der Waals surface area contributed by atoms with Crippen LogP contribution in [0.15, 0.2) is 6.07 Å². The number of nitrogens with zero attached hydrogens (tertiary/aromatic N) is 1. The molecule has 1 heterocycles. The van der Waals surface area contributed by atoms with Gasteiger partial charge in [-0.1, -0.05) is 13.8 Å². The van der Waals surface area contributed by atoms with E-state index in [0.29, 0.717) is 11.7 Å². The zero-order valence-corrected chi connectivity index (χ0v) is 9.84. The van der Waals surface area contributed by atoms with Crippen molar-refractivity contribution in [2.24, 2.45) is 5.92 Å². The maximum absolute atomic E-state index is 11.7. The molecule has 0 unspecified atom stereocenters. The third kappa shape index (κ3) is 1.85. The van der Waals surface area contributed by atoms with E-state index in [0.717, 1.165) is 31.4 Å². The number of hydrogen-bond acceptors (Lipinski definition) is 1. The lowest BCUT2D eigenvalue weighted by molar-refractivity contribution is 0.0971. The second kappa shape index (κ2) is 3.84. The molecule has 1 aromatic heterocycles. The van der Waals surface area contributed by atoms with E-state index in [2.05, 4.69) is 31.4 Å². The fraction of sp³-hybridized carbons (Fsp3) is 0.615. The molecule has 2 heteroatoms. The molecule has 0 amide bonds. The third-order valence-corrected chi connectivity index (χ3v) is 3.08. The average Bonchev–Trinajstić information content (AvgIpc) is 2.45. The Hall–Kier alpha value is -1.05. The maximum Gasteiger partial charge on any atom is 0.164 e. The van der Waals surface area contributed by atoms with Crippen LogP contribution in [0.3, 0.4) is 0 Å². The second-order valence-electron chi connectivity index (χ2n) is 4.93. The Bertz CT molecular complexity index is 387. The second-order valence-corrected chi connectivity index (χ2v) is 4.93. The molecule has 0 bridgehead atoms. The molecule has 0 fully saturated rings. The SMILES string of the molecule is Cc1cc2c(n1CC(C)C)CCCC2=O. The standard InChI is InChI=1S/C13H19NO/c1-9(2)8-14-10(3)7-11-12(14)5-4-6-13(11)15/h7,9H,4-6,8H2,1-3H3. The normalized spacial score (nSPS) is 15.9. The molecule has 0 atom stereocenters. The van der Waals surface area contributed by atoms with Gasteiger partial charge < -0.3 is 4.57 Å². The molecule has 1 aromatic rings. The Labute approximate surface area is 91.3 Å². The van der Waals surface area contributed by atoms with E-state index in [1.807, 2.05) is 0 Å². The van der Waals surface area contributed by atoms with Crippen molar-refractivity contribution >= 4 is 5.78 Å². The Kier molecular flexibility index (Phi) is 2.68. The van der Waals surface area contributed by atoms with Crippen molar-refractivity contribution in [3.8, 4) is 0 Å². The van der Waals surface area contributed by atoms with Gasteiger partial charge >= 0.3 is 0 Å². The van der Waals surface area contributed by atoms with E-state index >= 15 is 0 Å². The summed E-state index contributed by atoms with van der Waals surface area (Å²) < 4.78 is 2.33. The first-order valence-electron chi connectivity index (χ1n) is 5.81. The van der Waals surface area contributed by atoms with Crippen molar-refractivity contribution in [3.63, 3.8) is 0 Å². The summed E-state index contributed by atoms with van der Waals surface area (Å²) in [6.45, 7) is 7.58. The average molecular weight is 205 g/mol. The van der Waals surface area contributed by atoms with Gasteiger partial charge in [0.05, 0.1) is 0 Å². The molecule has 0 aliphatic heterocycles. The number of fused-ring (bicyclic) bond motifs is 1. The molecule has 1 aliphatic rings. The van der Waals surface area contributed by atoms with Gasteiger partial charge in [0, 0.05) is 29.9 Å². The van der Waals surface area contributed by atoms with Crippen LogP contribution < -0.4 is 0 Å². The molecule has 2 nitrogen and oxygen atoms in total. The lowest BCUT2D eigenvalue weighted by Gasteiger charge is -2.17. The minimum Gasteiger partial charge on any atom is -0.348 e. The topological polar surface area (TPSA) is 22.0 Å². The Morgan fingerprint density at radius 2 is 2.13 bits per heavy atom. The summed E-state index contributed by atoms with van der Waals surface area (Å²) in [6, 6.07) is 2.07. The minimum atomic E-state index is 0.335. The van der Waals surface area contributed by atoms with Gasteiger partial charge in [-0.25, -0.2) is 0 Å². The molecule has 0 saturated heterocycles. The lowest BCUT2D eigenvalue weighted by atomic mass is 9.96. The minimum absolute atomic E-state index is 0.335. The van der Waals surface area contributed by atoms with Gasteiger partial charge in [0.1, 0.15) is 0 Å². The number of ketones is 1. The molecular weight excluding hydrogens is 186 g/mol. The quantitative estimate of drug-likeness (QED) is 0.727. The van der Waals surface area contributed by atoms with E-state index in [-0.39, 0.29) is 0 Å². The van der Waals surface area contributed by atoms with E-state index in [1.54, 1.807) is 0 Å². The Balaban J connectivity index is 2.42. The van der Waals surface area contributed by atoms with Gasteiger partial charge in [-0.05, 0) is 31.7 Å². The van der Waals surface area contributed by atoms with Crippen LogP contribution >= 0.6 is 0 Å². The first-order chi connectivity index (χ1) is 7.09.